The number of nitrogens with one attached hydrogen (secondary N) is 2. The molecule has 0 unspecified atom stereocenters. The highest BCUT2D eigenvalue weighted by Crippen LogP contribution is 2.32. The van der Waals surface area contributed by atoms with Gasteiger partial charge in [-0.15, -0.1) is 0 Å². The van der Waals surface area contributed by atoms with E-state index in [0.717, 1.165) is 16.7 Å². The molecule has 2 N–H and O–H groups in total. The topological polar surface area (TPSA) is 76.7 Å². The fraction of sp³-hybridized carbons (Fsp3) is 0.167. The minimum Gasteiger partial charge on any atom is -0.454 e. The molecular weight excluding hydrogens is 380 g/mol. The van der Waals surface area contributed by atoms with Crippen LogP contribution in [0.2, 0.25) is 0 Å². The van der Waals surface area contributed by atoms with Gasteiger partial charge in [-0.25, -0.2) is 0 Å². The predicted molar refractivity (Wildman–Crippen MR) is 114 cm³/mol. The summed E-state index contributed by atoms with van der Waals surface area (Å²) in [6, 6.07) is 18.1. The lowest BCUT2D eigenvalue weighted by molar-refractivity contribution is 0.0951. The first kappa shape index (κ1) is 19.5. The van der Waals surface area contributed by atoms with E-state index in [1.54, 1.807) is 30.3 Å². The molecular formula is C24H22N2O4. The Bertz CT molecular complexity index is 1120. The van der Waals surface area contributed by atoms with E-state index < -0.39 is 0 Å². The van der Waals surface area contributed by atoms with E-state index in [2.05, 4.69) is 10.6 Å². The third-order valence-corrected chi connectivity index (χ3v) is 4.94. The van der Waals surface area contributed by atoms with Crippen LogP contribution in [-0.4, -0.2) is 18.6 Å². The molecule has 0 aromatic heterocycles. The summed E-state index contributed by atoms with van der Waals surface area (Å²) < 4.78 is 10.7. The molecule has 30 heavy (non-hydrogen) atoms. The van der Waals surface area contributed by atoms with Crippen LogP contribution in [0.5, 0.6) is 11.5 Å². The van der Waals surface area contributed by atoms with Gasteiger partial charge in [0.05, 0.1) is 11.3 Å². The van der Waals surface area contributed by atoms with Crippen LogP contribution in [0.15, 0.2) is 60.7 Å². The first-order valence-corrected chi connectivity index (χ1v) is 9.65. The average molecular weight is 402 g/mol. The maximum absolute atomic E-state index is 12.8. The smallest absolute Gasteiger partial charge is 0.255 e. The molecule has 4 rings (SSSR count). The number of hydrogen-bond donors (Lipinski definition) is 2. The molecule has 0 fully saturated rings. The average Bonchev–Trinajstić information content (AvgIpc) is 3.20. The van der Waals surface area contributed by atoms with Crippen molar-refractivity contribution in [1.29, 1.82) is 0 Å². The van der Waals surface area contributed by atoms with E-state index in [4.69, 9.17) is 9.47 Å². The van der Waals surface area contributed by atoms with Crippen molar-refractivity contribution >= 4 is 17.5 Å². The van der Waals surface area contributed by atoms with E-state index in [0.29, 0.717) is 34.9 Å². The summed E-state index contributed by atoms with van der Waals surface area (Å²) in [4.78, 5) is 25.5. The van der Waals surface area contributed by atoms with Crippen molar-refractivity contribution in [3.63, 3.8) is 0 Å². The molecule has 6 nitrogen and oxygen atoms in total. The van der Waals surface area contributed by atoms with Crippen molar-refractivity contribution in [1.82, 2.24) is 5.32 Å². The number of benzene rings is 3. The molecule has 0 spiro atoms. The molecule has 3 aromatic carbocycles. The lowest BCUT2D eigenvalue weighted by atomic mass is 10.0. The summed E-state index contributed by atoms with van der Waals surface area (Å²) in [5.74, 6) is 0.847. The maximum Gasteiger partial charge on any atom is 0.255 e. The number of carbonyl (C=O) groups excluding carboxylic acids is 2. The molecule has 0 bridgehead atoms. The van der Waals surface area contributed by atoms with Crippen LogP contribution >= 0.6 is 0 Å². The molecule has 1 heterocycles. The van der Waals surface area contributed by atoms with E-state index in [-0.39, 0.29) is 18.6 Å². The van der Waals surface area contributed by atoms with Crippen LogP contribution in [0.1, 0.15) is 37.4 Å². The van der Waals surface area contributed by atoms with Gasteiger partial charge in [-0.05, 0) is 55.3 Å². The van der Waals surface area contributed by atoms with Crippen molar-refractivity contribution in [2.45, 2.75) is 20.4 Å². The van der Waals surface area contributed by atoms with Gasteiger partial charge >= 0.3 is 0 Å². The number of anilines is 1. The molecule has 0 saturated carbocycles. The normalized spacial score (nSPS) is 11.8. The number of fused-ring (bicyclic) bond motifs is 1. The second-order valence-electron chi connectivity index (χ2n) is 7.19. The first-order valence-electron chi connectivity index (χ1n) is 9.65. The van der Waals surface area contributed by atoms with Gasteiger partial charge < -0.3 is 20.1 Å². The molecule has 3 aromatic rings. The van der Waals surface area contributed by atoms with E-state index in [9.17, 15) is 9.59 Å². The first-order chi connectivity index (χ1) is 14.5. The van der Waals surface area contributed by atoms with Gasteiger partial charge in [0.25, 0.3) is 11.8 Å². The highest BCUT2D eigenvalue weighted by Gasteiger charge is 2.16. The Balaban J connectivity index is 1.47. The van der Waals surface area contributed by atoms with Gasteiger partial charge in [0.2, 0.25) is 6.79 Å². The largest absolute Gasteiger partial charge is 0.454 e. The van der Waals surface area contributed by atoms with Crippen molar-refractivity contribution in [3.8, 4) is 11.5 Å². The SMILES string of the molecule is Cc1ccc(C(=O)Nc2ccccc2C(=O)NCc2ccc3c(c2)OCO3)c(C)c1. The molecule has 2 amide bonds. The summed E-state index contributed by atoms with van der Waals surface area (Å²) in [7, 11) is 0. The molecule has 1 aliphatic heterocycles. The van der Waals surface area contributed by atoms with E-state index >= 15 is 0 Å². The minimum atomic E-state index is -0.274. The van der Waals surface area contributed by atoms with Crippen molar-refractivity contribution < 1.29 is 19.1 Å². The third kappa shape index (κ3) is 4.12. The summed E-state index contributed by atoms with van der Waals surface area (Å²) in [6.07, 6.45) is 0. The number of amides is 2. The Morgan fingerprint density at radius 2 is 1.67 bits per heavy atom. The van der Waals surface area contributed by atoms with E-state index in [1.807, 2.05) is 44.2 Å². The molecule has 1 aliphatic rings. The van der Waals surface area contributed by atoms with Gasteiger partial charge in [0.1, 0.15) is 0 Å². The monoisotopic (exact) mass is 402 g/mol. The Morgan fingerprint density at radius 1 is 0.867 bits per heavy atom. The van der Waals surface area contributed by atoms with Crippen LogP contribution in [0.3, 0.4) is 0 Å². The van der Waals surface area contributed by atoms with Crippen LogP contribution in [0, 0.1) is 13.8 Å². The van der Waals surface area contributed by atoms with Crippen LogP contribution in [0.25, 0.3) is 0 Å². The summed E-state index contributed by atoms with van der Waals surface area (Å²) >= 11 is 0. The number of carbonyl (C=O) groups is 2. The second-order valence-corrected chi connectivity index (χ2v) is 7.19. The van der Waals surface area contributed by atoms with Gasteiger partial charge in [0, 0.05) is 12.1 Å². The number of aryl methyl sites for hydroxylation is 2. The quantitative estimate of drug-likeness (QED) is 0.670. The molecule has 0 atom stereocenters. The lowest BCUT2D eigenvalue weighted by Crippen LogP contribution is -2.25. The van der Waals surface area contributed by atoms with Crippen molar-refractivity contribution in [2.24, 2.45) is 0 Å². The second kappa shape index (κ2) is 8.29. The third-order valence-electron chi connectivity index (χ3n) is 4.94. The minimum absolute atomic E-state index is 0.207. The van der Waals surface area contributed by atoms with Gasteiger partial charge in [-0.1, -0.05) is 35.9 Å². The highest BCUT2D eigenvalue weighted by molar-refractivity contribution is 6.09. The lowest BCUT2D eigenvalue weighted by Gasteiger charge is -2.13. The zero-order valence-corrected chi connectivity index (χ0v) is 16.8. The van der Waals surface area contributed by atoms with E-state index in [1.165, 1.54) is 0 Å². The zero-order chi connectivity index (χ0) is 21.1. The summed E-state index contributed by atoms with van der Waals surface area (Å²) in [6.45, 7) is 4.41. The highest BCUT2D eigenvalue weighted by atomic mass is 16.7. The zero-order valence-electron chi connectivity index (χ0n) is 16.8. The van der Waals surface area contributed by atoms with Crippen molar-refractivity contribution in [3.05, 3.63) is 88.5 Å². The van der Waals surface area contributed by atoms with Gasteiger partial charge in [-0.2, -0.15) is 0 Å². The summed E-state index contributed by atoms with van der Waals surface area (Å²) in [5.41, 5.74) is 4.31. The maximum atomic E-state index is 12.8. The van der Waals surface area contributed by atoms with Gasteiger partial charge in [0.15, 0.2) is 11.5 Å². The molecule has 0 aliphatic carbocycles. The number of rotatable bonds is 5. The fourth-order valence-electron chi connectivity index (χ4n) is 3.38. The standard InChI is InChI=1S/C24H22N2O4/c1-15-7-9-18(16(2)11-15)24(28)26-20-6-4-3-5-19(20)23(27)25-13-17-8-10-21-22(12-17)30-14-29-21/h3-12H,13-14H2,1-2H3,(H,25,27)(H,26,28). The van der Waals surface area contributed by atoms with Crippen molar-refractivity contribution in [2.75, 3.05) is 12.1 Å². The fourth-order valence-corrected chi connectivity index (χ4v) is 3.38. The molecule has 0 saturated heterocycles. The Kier molecular flexibility index (Phi) is 5.39. The van der Waals surface area contributed by atoms with Crippen LogP contribution < -0.4 is 20.1 Å². The summed E-state index contributed by atoms with van der Waals surface area (Å²) in [5, 5.41) is 5.76. The number of hydrogen-bond acceptors (Lipinski definition) is 4. The van der Waals surface area contributed by atoms with Crippen LogP contribution in [-0.2, 0) is 6.54 Å². The van der Waals surface area contributed by atoms with Crippen LogP contribution in [0.4, 0.5) is 5.69 Å². The molecule has 0 radical (unpaired) electrons. The Morgan fingerprint density at radius 3 is 2.50 bits per heavy atom. The van der Waals surface area contributed by atoms with Gasteiger partial charge in [-0.3, -0.25) is 9.59 Å². The Labute approximate surface area is 174 Å². The Hall–Kier alpha value is -3.80. The molecule has 6 heteroatoms. The number of para-hydroxylation sites is 1. The molecule has 152 valence electrons. The number of ether oxygens (including phenoxy) is 2. The predicted octanol–water partition coefficient (Wildman–Crippen LogP) is 4.21.